The summed E-state index contributed by atoms with van der Waals surface area (Å²) in [6, 6.07) is 19.2. The Morgan fingerprint density at radius 3 is 0.879 bits per heavy atom. The Labute approximate surface area is 751 Å². The quantitative estimate of drug-likeness (QED) is 0.0215. The Kier molecular flexibility index (Phi) is 36.2. The summed E-state index contributed by atoms with van der Waals surface area (Å²) < 4.78 is 43.8. The second-order valence-electron chi connectivity index (χ2n) is 35.8. The van der Waals surface area contributed by atoms with E-state index in [1.807, 2.05) is 55.3 Å². The number of carbonyl (C=O) groups excluding carboxylic acids is 4. The van der Waals surface area contributed by atoms with E-state index in [0.29, 0.717) is 85.9 Å². The zero-order chi connectivity index (χ0) is 86.3. The average molecular weight is 1960 g/mol. The molecule has 0 unspecified atom stereocenters. The molecule has 116 heavy (non-hydrogen) atoms. The molecule has 10 aromatic rings. The van der Waals surface area contributed by atoms with Gasteiger partial charge in [-0.05, 0) is 121 Å². The molecule has 0 amide bonds. The molecule has 0 saturated carbocycles. The normalized spacial score (nSPS) is 13.0. The van der Waals surface area contributed by atoms with E-state index in [1.165, 1.54) is 84.5 Å². The molecule has 0 radical (unpaired) electrons. The van der Waals surface area contributed by atoms with Crippen molar-refractivity contribution in [3.63, 3.8) is 0 Å². The fraction of sp³-hybridized carbons (Fsp3) is 0.609. The summed E-state index contributed by atoms with van der Waals surface area (Å²) in [6.45, 7) is 73.8. The number of halogens is 1. The Hall–Kier alpha value is -2.12. The molecule has 8 nitrogen and oxygen atoms in total. The van der Waals surface area contributed by atoms with Crippen LogP contribution in [0.3, 0.4) is 0 Å². The van der Waals surface area contributed by atoms with Crippen molar-refractivity contribution >= 4 is 258 Å². The molecular formula is C92H139ClO8S10Si4Sn. The minimum atomic E-state index is -2.28. The van der Waals surface area contributed by atoms with Crippen LogP contribution in [0.25, 0.3) is 66.9 Å². The molecule has 10 rings (SSSR count). The molecule has 0 fully saturated rings. The molecule has 642 valence electrons. The van der Waals surface area contributed by atoms with Gasteiger partial charge in [-0.25, -0.2) is 19.2 Å². The Morgan fingerprint density at radius 2 is 0.578 bits per heavy atom. The zero-order valence-electron chi connectivity index (χ0n) is 76.0. The van der Waals surface area contributed by atoms with E-state index >= 15 is 0 Å². The largest absolute Gasteiger partial charge is 0.462 e. The minimum absolute atomic E-state index is 0.257. The van der Waals surface area contributed by atoms with Crippen molar-refractivity contribution in [1.29, 1.82) is 0 Å². The first kappa shape index (κ1) is 99.3. The van der Waals surface area contributed by atoms with Crippen LogP contribution < -0.4 is 20.9 Å². The smallest absolute Gasteiger partial charge is 0.341 e. The van der Waals surface area contributed by atoms with Crippen LogP contribution in [0, 0.1) is 0 Å². The number of carbonyl (C=O) groups is 4. The molecule has 0 spiro atoms. The second kappa shape index (κ2) is 42.2. The van der Waals surface area contributed by atoms with Gasteiger partial charge in [0.25, 0.3) is 0 Å². The Bertz CT molecular complexity index is 4740. The van der Waals surface area contributed by atoms with Crippen molar-refractivity contribution in [2.75, 3.05) is 26.4 Å². The zero-order valence-corrected chi connectivity index (χ0v) is 91.7. The molecule has 0 atom stereocenters. The monoisotopic (exact) mass is 1960 g/mol. The van der Waals surface area contributed by atoms with E-state index in [9.17, 15) is 19.2 Å². The van der Waals surface area contributed by atoms with E-state index in [2.05, 4.69) is 247 Å². The number of unbranched alkanes of at least 4 members (excludes halogenated alkanes) is 3. The maximum atomic E-state index is 13.9. The van der Waals surface area contributed by atoms with Crippen molar-refractivity contribution in [3.05, 3.63) is 75.1 Å². The molecule has 0 saturated heterocycles. The van der Waals surface area contributed by atoms with Gasteiger partial charge in [0.05, 0.1) is 76.5 Å². The Morgan fingerprint density at radius 1 is 0.310 bits per heavy atom. The molecule has 10 heterocycles. The van der Waals surface area contributed by atoms with Crippen molar-refractivity contribution in [3.8, 4) is 29.3 Å². The van der Waals surface area contributed by atoms with Gasteiger partial charge in [-0.1, -0.05) is 142 Å². The van der Waals surface area contributed by atoms with Crippen LogP contribution in [0.1, 0.15) is 295 Å². The van der Waals surface area contributed by atoms with Gasteiger partial charge in [0, 0.05) is 33.4 Å². The number of hydrogen-bond donors (Lipinski definition) is 0. The first-order valence-corrected chi connectivity index (χ1v) is 68.5. The van der Waals surface area contributed by atoms with Gasteiger partial charge < -0.3 is 18.9 Å². The summed E-state index contributed by atoms with van der Waals surface area (Å²) in [5.41, 5.74) is 10.1. The summed E-state index contributed by atoms with van der Waals surface area (Å²) in [7, 11) is -6.94. The molecule has 0 aliphatic carbocycles. The number of hydrogen-bond acceptors (Lipinski definition) is 18. The van der Waals surface area contributed by atoms with Gasteiger partial charge >= 0.3 is 212 Å². The maximum absolute atomic E-state index is 13.9. The summed E-state index contributed by atoms with van der Waals surface area (Å²) in [6.07, 6.45) is 8.53. The van der Waals surface area contributed by atoms with Gasteiger partial charge in [-0.2, -0.15) is 0 Å². The minimum Gasteiger partial charge on any atom is -0.462 e. The number of rotatable bonds is 37. The van der Waals surface area contributed by atoms with Crippen molar-refractivity contribution in [2.45, 2.75) is 333 Å². The third-order valence-electron chi connectivity index (χ3n) is 25.9. The van der Waals surface area contributed by atoms with Crippen LogP contribution >= 0.6 is 125 Å². The predicted octanol–water partition coefficient (Wildman–Crippen LogP) is 32.2. The molecule has 24 heteroatoms. The van der Waals surface area contributed by atoms with Crippen molar-refractivity contribution < 1.29 is 38.1 Å². The van der Waals surface area contributed by atoms with Crippen molar-refractivity contribution in [2.24, 2.45) is 0 Å². The van der Waals surface area contributed by atoms with Gasteiger partial charge in [0.15, 0.2) is 0 Å². The number of fused-ring (bicyclic) bond motifs is 4. The van der Waals surface area contributed by atoms with Crippen LogP contribution in [0.2, 0.25) is 84.1 Å². The number of ether oxygens (including phenoxy) is 4. The van der Waals surface area contributed by atoms with E-state index in [1.54, 1.807) is 81.5 Å². The first-order valence-electron chi connectivity index (χ1n) is 43.5. The van der Waals surface area contributed by atoms with E-state index in [-0.39, 0.29) is 44.3 Å². The predicted molar refractivity (Wildman–Crippen MR) is 541 cm³/mol. The topological polar surface area (TPSA) is 105 Å². The van der Waals surface area contributed by atoms with Gasteiger partial charge in [-0.15, -0.1) is 102 Å². The molecule has 10 aromatic heterocycles. The third kappa shape index (κ3) is 19.0. The average Bonchev–Trinajstić information content (AvgIpc) is 1.55. The van der Waals surface area contributed by atoms with Crippen LogP contribution in [-0.4, -0.2) is 101 Å². The standard InChI is InChI=1S/C40H56O4S5Si2.C27H33ClO4S4Si.C13H23SSi.3C4H9.Sn/c1-15-43-39(41)33-35(27-17-18-31(46-27)50(21(3)4,22(5)6)23(7)8)48-38-34(40(42)44-16-2)36(49-37(33)38)30-19-28-29(45-30)20-32(47-28)51(24(9)10,25(11)12)26(13)14;1-9-31-26(29)20-22(35-24-21(27(30)32-10-2)25(28)36-23(20)24)18-11-16-17(33-18)12-19(34-16)37(13(3)4,14(5)6)15(7)8;1-10(2)15(11(3)4,12(5)6)13-8-7-9-14-13;3*1-3-4-2;/h17-26H,15-16H2,1-14H3;11-15H,9-10H2,1-8H3;7-8,10-12H,1-6H3;3*1,3-4H2,2H3;. The van der Waals surface area contributed by atoms with Crippen LogP contribution in [0.5, 0.6) is 0 Å². The third-order valence-corrected chi connectivity index (χ3v) is 88.5. The Balaban J connectivity index is 0.000000228. The summed E-state index contributed by atoms with van der Waals surface area (Å²) >= 11 is 21.5. The fourth-order valence-corrected chi connectivity index (χ4v) is 90.7. The van der Waals surface area contributed by atoms with E-state index in [0.717, 1.165) is 55.3 Å². The molecular weight excluding hydrogens is 1820 g/mol. The van der Waals surface area contributed by atoms with Gasteiger partial charge in [0.1, 0.15) is 34.1 Å². The molecule has 0 aliphatic rings. The van der Waals surface area contributed by atoms with Crippen LogP contribution in [0.15, 0.2) is 48.5 Å². The molecule has 0 aliphatic heterocycles. The van der Waals surface area contributed by atoms with E-state index in [4.69, 9.17) is 30.5 Å². The SMILES string of the molecule is CCC[CH2][Sn]([CH2]CCC)([CH2]CCC)[c]1ccc([Si](C(C)C)(C(C)C)C(C)C)s1.CCOC(=O)c1c(-c2ccc([Si](C(C)C)(C(C)C)C(C)C)s2)sc2c(C(=O)OCC)c(-c3cc4sc([Si](C(C)C)(C(C)C)C(C)C)cc4s3)sc12.CCOC(=O)c1c(Cl)sc2c(C(=O)OCC)c(-c3cc4sc([Si](C(C)C)(C(C)C)C(C)C)cc4s3)sc12. The van der Waals surface area contributed by atoms with E-state index < -0.39 is 56.6 Å². The van der Waals surface area contributed by atoms with Gasteiger partial charge in [0.2, 0.25) is 0 Å². The maximum Gasteiger partial charge on any atom is 0.341 e. The number of esters is 4. The number of thiophene rings is 10. The van der Waals surface area contributed by atoms with Crippen LogP contribution in [0.4, 0.5) is 0 Å². The molecule has 0 aromatic carbocycles. The summed E-state index contributed by atoms with van der Waals surface area (Å²) in [5, 5.41) is 0. The van der Waals surface area contributed by atoms with Crippen LogP contribution in [-0.2, 0) is 18.9 Å². The van der Waals surface area contributed by atoms with Crippen molar-refractivity contribution in [1.82, 2.24) is 0 Å². The van der Waals surface area contributed by atoms with Gasteiger partial charge in [-0.3, -0.25) is 0 Å². The molecule has 0 bridgehead atoms. The summed E-state index contributed by atoms with van der Waals surface area (Å²) in [5.74, 6) is -1.51. The summed E-state index contributed by atoms with van der Waals surface area (Å²) in [4.78, 5) is 59.4. The second-order valence-corrected chi connectivity index (χ2v) is 86.0. The first-order chi connectivity index (χ1) is 54.7. The molecule has 0 N–H and O–H groups in total. The fourth-order valence-electron chi connectivity index (χ4n) is 21.5.